The first kappa shape index (κ1) is 49.2. The van der Waals surface area contributed by atoms with E-state index >= 15 is 0 Å². The van der Waals surface area contributed by atoms with Gasteiger partial charge in [-0.2, -0.15) is 0 Å². The van der Waals surface area contributed by atoms with Gasteiger partial charge in [0.1, 0.15) is 25.1 Å². The average molecular weight is 751 g/mol. The van der Waals surface area contributed by atoms with E-state index in [9.17, 15) is 29.7 Å². The van der Waals surface area contributed by atoms with Crippen molar-refractivity contribution in [2.45, 2.75) is 225 Å². The average Bonchev–Trinajstić information content (AvgIpc) is 3.40. The summed E-state index contributed by atoms with van der Waals surface area (Å²) in [6.45, 7) is 6.38. The molecule has 53 heavy (non-hydrogen) atoms. The molecule has 5 atom stereocenters. The van der Waals surface area contributed by atoms with Gasteiger partial charge in [-0.15, -0.1) is 0 Å². The molecule has 3 N–H and O–H groups in total. The first-order chi connectivity index (χ1) is 25.6. The van der Waals surface area contributed by atoms with Gasteiger partial charge in [0, 0.05) is 25.2 Å². The number of Topliss-reactive ketones (excluding diaryl/α,β-unsaturated/α-hetero) is 1. The van der Waals surface area contributed by atoms with E-state index in [-0.39, 0.29) is 55.6 Å². The first-order valence-electron chi connectivity index (χ1n) is 22.2. The van der Waals surface area contributed by atoms with Gasteiger partial charge in [-0.25, -0.2) is 0 Å². The zero-order valence-electron chi connectivity index (χ0n) is 34.4. The molecular weight excluding hydrogens is 668 g/mol. The van der Waals surface area contributed by atoms with Gasteiger partial charge in [-0.1, -0.05) is 174 Å². The Morgan fingerprint density at radius 3 is 1.57 bits per heavy atom. The minimum atomic E-state index is -1.03. The number of unbranched alkanes of at least 4 members (excludes halogenated alkanes) is 20. The molecule has 1 aliphatic rings. The Morgan fingerprint density at radius 1 is 0.660 bits per heavy atom. The Balaban J connectivity index is 1.95. The summed E-state index contributed by atoms with van der Waals surface area (Å²) in [6, 6.07) is 0. The van der Waals surface area contributed by atoms with Crippen LogP contribution in [0.2, 0.25) is 0 Å². The van der Waals surface area contributed by atoms with E-state index in [1.165, 1.54) is 89.9 Å². The fraction of sp³-hybridized carbons (Fsp3) is 0.889. The highest BCUT2D eigenvalue weighted by molar-refractivity contribution is 5.86. The van der Waals surface area contributed by atoms with Crippen LogP contribution >= 0.6 is 0 Å². The van der Waals surface area contributed by atoms with Crippen molar-refractivity contribution in [1.29, 1.82) is 0 Å². The Bertz CT molecular complexity index is 933. The largest absolute Gasteiger partial charge is 0.463 e. The number of ketones is 1. The van der Waals surface area contributed by atoms with Crippen molar-refractivity contribution in [2.75, 3.05) is 13.2 Å². The molecule has 0 aromatic heterocycles. The first-order valence-corrected chi connectivity index (χ1v) is 22.2. The third-order valence-electron chi connectivity index (χ3n) is 10.8. The van der Waals surface area contributed by atoms with Crippen LogP contribution in [0.1, 0.15) is 207 Å². The SMILES string of the molecule is CCCCC[C@H](O)/C=C/[C@H]1C(=O)C[C@H](O)[C@@H]1CCCCCCC(=O)OC[C@H](O)COC(=O)CCCCCCCCCCCCCCCCCCC(C)C. The van der Waals surface area contributed by atoms with Gasteiger partial charge in [0.05, 0.1) is 12.2 Å². The molecule has 310 valence electrons. The van der Waals surface area contributed by atoms with Crippen molar-refractivity contribution < 1.29 is 39.2 Å². The third kappa shape index (κ3) is 28.3. The maximum atomic E-state index is 12.4. The summed E-state index contributed by atoms with van der Waals surface area (Å²) in [5.41, 5.74) is 0. The van der Waals surface area contributed by atoms with Crippen LogP contribution in [0.5, 0.6) is 0 Å². The lowest BCUT2D eigenvalue weighted by Gasteiger charge is -2.19. The summed E-state index contributed by atoms with van der Waals surface area (Å²) in [4.78, 5) is 36.6. The van der Waals surface area contributed by atoms with Crippen LogP contribution in [0, 0.1) is 17.8 Å². The van der Waals surface area contributed by atoms with Crippen molar-refractivity contribution in [1.82, 2.24) is 0 Å². The number of rotatable bonds is 36. The molecule has 0 aromatic rings. The van der Waals surface area contributed by atoms with Crippen LogP contribution in [0.25, 0.3) is 0 Å². The molecule has 8 heteroatoms. The molecule has 0 saturated heterocycles. The van der Waals surface area contributed by atoms with E-state index in [0.717, 1.165) is 70.1 Å². The zero-order chi connectivity index (χ0) is 38.9. The van der Waals surface area contributed by atoms with Crippen LogP contribution in [-0.4, -0.2) is 64.6 Å². The number of carbonyl (C=O) groups excluding carboxylic acids is 3. The Kier molecular flexibility index (Phi) is 31.2. The van der Waals surface area contributed by atoms with Crippen molar-refractivity contribution in [3.8, 4) is 0 Å². The Labute approximate surface area is 324 Å². The van der Waals surface area contributed by atoms with Gasteiger partial charge in [0.2, 0.25) is 0 Å². The van der Waals surface area contributed by atoms with Gasteiger partial charge in [0.15, 0.2) is 0 Å². The topological polar surface area (TPSA) is 130 Å². The lowest BCUT2D eigenvalue weighted by molar-refractivity contribution is -0.152. The molecule has 0 radical (unpaired) electrons. The number of aliphatic hydroxyl groups is 3. The molecule has 0 amide bonds. The maximum absolute atomic E-state index is 12.4. The summed E-state index contributed by atoms with van der Waals surface area (Å²) in [6.07, 6.45) is 31.8. The van der Waals surface area contributed by atoms with Gasteiger partial charge in [-0.05, 0) is 37.5 Å². The lowest BCUT2D eigenvalue weighted by atomic mass is 9.88. The highest BCUT2D eigenvalue weighted by Crippen LogP contribution is 2.34. The van der Waals surface area contributed by atoms with Gasteiger partial charge < -0.3 is 24.8 Å². The van der Waals surface area contributed by atoms with Crippen molar-refractivity contribution in [3.05, 3.63) is 12.2 Å². The smallest absolute Gasteiger partial charge is 0.305 e. The van der Waals surface area contributed by atoms with Crippen LogP contribution < -0.4 is 0 Å². The predicted molar refractivity (Wildman–Crippen MR) is 215 cm³/mol. The van der Waals surface area contributed by atoms with E-state index in [1.807, 2.05) is 0 Å². The molecule has 0 heterocycles. The molecule has 1 rings (SSSR count). The van der Waals surface area contributed by atoms with Gasteiger partial charge in [0.25, 0.3) is 0 Å². The normalized spacial score (nSPS) is 18.6. The van der Waals surface area contributed by atoms with Crippen molar-refractivity contribution >= 4 is 17.7 Å². The fourth-order valence-electron chi connectivity index (χ4n) is 7.41. The van der Waals surface area contributed by atoms with E-state index < -0.39 is 18.3 Å². The van der Waals surface area contributed by atoms with Crippen LogP contribution in [0.3, 0.4) is 0 Å². The summed E-state index contributed by atoms with van der Waals surface area (Å²) in [5, 5.41) is 30.7. The molecule has 1 aliphatic carbocycles. The molecule has 0 bridgehead atoms. The molecule has 1 saturated carbocycles. The van der Waals surface area contributed by atoms with Gasteiger partial charge in [-0.3, -0.25) is 14.4 Å². The van der Waals surface area contributed by atoms with Crippen LogP contribution in [-0.2, 0) is 23.9 Å². The number of hydrogen-bond acceptors (Lipinski definition) is 8. The molecule has 0 unspecified atom stereocenters. The minimum Gasteiger partial charge on any atom is -0.463 e. The van der Waals surface area contributed by atoms with E-state index in [0.29, 0.717) is 19.3 Å². The van der Waals surface area contributed by atoms with E-state index in [4.69, 9.17) is 9.47 Å². The van der Waals surface area contributed by atoms with Crippen LogP contribution in [0.4, 0.5) is 0 Å². The fourth-order valence-corrected chi connectivity index (χ4v) is 7.41. The maximum Gasteiger partial charge on any atom is 0.305 e. The molecule has 0 spiro atoms. The zero-order valence-corrected chi connectivity index (χ0v) is 34.4. The van der Waals surface area contributed by atoms with Crippen LogP contribution in [0.15, 0.2) is 12.2 Å². The third-order valence-corrected chi connectivity index (χ3v) is 10.8. The summed E-state index contributed by atoms with van der Waals surface area (Å²) < 4.78 is 10.3. The number of allylic oxidation sites excluding steroid dienone is 1. The van der Waals surface area contributed by atoms with Crippen molar-refractivity contribution in [2.24, 2.45) is 17.8 Å². The number of esters is 2. The Hall–Kier alpha value is -1.77. The molecule has 0 aromatic carbocycles. The quantitative estimate of drug-likeness (QED) is 0.0328. The van der Waals surface area contributed by atoms with E-state index in [2.05, 4.69) is 20.8 Å². The summed E-state index contributed by atoms with van der Waals surface area (Å²) in [5.74, 6) is -0.295. The Morgan fingerprint density at radius 2 is 1.09 bits per heavy atom. The highest BCUT2D eigenvalue weighted by Gasteiger charge is 2.39. The molecule has 1 fully saturated rings. The molecule has 8 nitrogen and oxygen atoms in total. The summed E-state index contributed by atoms with van der Waals surface area (Å²) >= 11 is 0. The number of hydrogen-bond donors (Lipinski definition) is 3. The molecular formula is C45H82O8. The number of ether oxygens (including phenoxy) is 2. The standard InChI is InChI=1S/C45H82O8/c1-4-5-22-28-38(46)32-33-41-40(42(48)34-43(41)49)29-24-20-21-26-31-45(51)53-36-39(47)35-52-44(50)30-25-19-17-15-13-11-9-7-6-8-10-12-14-16-18-23-27-37(2)3/h32-33,37-42,46-48H,4-31,34-36H2,1-3H3/b33-32+/t38-,39+,40+,41+,42-/m0/s1. The summed E-state index contributed by atoms with van der Waals surface area (Å²) in [7, 11) is 0. The second kappa shape index (κ2) is 33.6. The predicted octanol–water partition coefficient (Wildman–Crippen LogP) is 10.5. The highest BCUT2D eigenvalue weighted by atomic mass is 16.6. The van der Waals surface area contributed by atoms with E-state index in [1.54, 1.807) is 12.2 Å². The van der Waals surface area contributed by atoms with Crippen molar-refractivity contribution in [3.63, 3.8) is 0 Å². The minimum absolute atomic E-state index is 0.0369. The number of carbonyl (C=O) groups is 3. The lowest BCUT2D eigenvalue weighted by Crippen LogP contribution is -2.25. The second-order valence-electron chi connectivity index (χ2n) is 16.4. The number of aliphatic hydroxyl groups excluding tert-OH is 3. The monoisotopic (exact) mass is 751 g/mol. The molecule has 0 aliphatic heterocycles. The van der Waals surface area contributed by atoms with Gasteiger partial charge >= 0.3 is 11.9 Å². The second-order valence-corrected chi connectivity index (χ2v) is 16.4.